The monoisotopic (exact) mass is 352 g/mol. The number of likely N-dealkylation sites (tertiary alicyclic amines) is 1. The number of hydrogen-bond acceptors (Lipinski definition) is 2. The number of nitrogens with zero attached hydrogens (tertiary/aromatic N) is 1. The SMILES string of the molecule is CC(Cc1ccc(Br)cc1)NC1CCN(C(C)(C)C)CC1. The Morgan fingerprint density at radius 1 is 1.19 bits per heavy atom. The first-order valence-corrected chi connectivity index (χ1v) is 8.89. The largest absolute Gasteiger partial charge is 0.311 e. The van der Waals surface area contributed by atoms with Crippen molar-refractivity contribution in [2.45, 2.75) is 64.6 Å². The molecule has 1 unspecified atom stereocenters. The average molecular weight is 353 g/mol. The van der Waals surface area contributed by atoms with E-state index in [0.717, 1.165) is 10.9 Å². The van der Waals surface area contributed by atoms with Gasteiger partial charge >= 0.3 is 0 Å². The minimum Gasteiger partial charge on any atom is -0.311 e. The van der Waals surface area contributed by atoms with Crippen LogP contribution < -0.4 is 5.32 Å². The maximum atomic E-state index is 3.82. The topological polar surface area (TPSA) is 15.3 Å². The van der Waals surface area contributed by atoms with Crippen molar-refractivity contribution in [3.05, 3.63) is 34.3 Å². The molecule has 1 N–H and O–H groups in total. The Labute approximate surface area is 138 Å². The van der Waals surface area contributed by atoms with Crippen LogP contribution in [0.3, 0.4) is 0 Å². The molecule has 2 rings (SSSR count). The summed E-state index contributed by atoms with van der Waals surface area (Å²) in [5.74, 6) is 0. The Morgan fingerprint density at radius 2 is 1.76 bits per heavy atom. The highest BCUT2D eigenvalue weighted by Gasteiger charge is 2.27. The Bertz CT molecular complexity index is 428. The smallest absolute Gasteiger partial charge is 0.0175 e. The second-order valence-electron chi connectivity index (χ2n) is 7.33. The first-order valence-electron chi connectivity index (χ1n) is 8.10. The van der Waals surface area contributed by atoms with Gasteiger partial charge in [-0.05, 0) is 64.7 Å². The third-order valence-corrected chi connectivity index (χ3v) is 4.95. The summed E-state index contributed by atoms with van der Waals surface area (Å²) in [5, 5.41) is 3.82. The van der Waals surface area contributed by atoms with Crippen molar-refractivity contribution >= 4 is 15.9 Å². The van der Waals surface area contributed by atoms with Gasteiger partial charge in [-0.2, -0.15) is 0 Å². The maximum absolute atomic E-state index is 3.82. The Morgan fingerprint density at radius 3 is 2.29 bits per heavy atom. The second-order valence-corrected chi connectivity index (χ2v) is 8.25. The van der Waals surface area contributed by atoms with Crippen molar-refractivity contribution in [3.8, 4) is 0 Å². The minimum atomic E-state index is 0.314. The summed E-state index contributed by atoms with van der Waals surface area (Å²) in [6, 6.07) is 9.90. The molecule has 0 amide bonds. The standard InChI is InChI=1S/C18H29BrN2/c1-14(13-15-5-7-16(19)8-6-15)20-17-9-11-21(12-10-17)18(2,3)4/h5-8,14,17,20H,9-13H2,1-4H3. The van der Waals surface area contributed by atoms with Gasteiger partial charge in [-0.15, -0.1) is 0 Å². The van der Waals surface area contributed by atoms with Crippen LogP contribution in [0.4, 0.5) is 0 Å². The molecule has 1 aromatic carbocycles. The number of hydrogen-bond donors (Lipinski definition) is 1. The van der Waals surface area contributed by atoms with Crippen molar-refractivity contribution in [1.82, 2.24) is 10.2 Å². The predicted octanol–water partition coefficient (Wildman–Crippen LogP) is 4.23. The third-order valence-electron chi connectivity index (χ3n) is 4.42. The van der Waals surface area contributed by atoms with E-state index in [1.165, 1.54) is 31.5 Å². The van der Waals surface area contributed by atoms with E-state index < -0.39 is 0 Å². The molecule has 21 heavy (non-hydrogen) atoms. The highest BCUT2D eigenvalue weighted by molar-refractivity contribution is 9.10. The lowest BCUT2D eigenvalue weighted by atomic mass is 9.97. The van der Waals surface area contributed by atoms with Gasteiger partial charge in [0, 0.05) is 35.2 Å². The maximum Gasteiger partial charge on any atom is 0.0175 e. The fraction of sp³-hybridized carbons (Fsp3) is 0.667. The molecule has 0 aromatic heterocycles. The summed E-state index contributed by atoms with van der Waals surface area (Å²) in [6.45, 7) is 11.7. The van der Waals surface area contributed by atoms with Crippen LogP contribution in [0.5, 0.6) is 0 Å². The third kappa shape index (κ3) is 5.39. The normalized spacial score (nSPS) is 19.7. The summed E-state index contributed by atoms with van der Waals surface area (Å²) in [7, 11) is 0. The lowest BCUT2D eigenvalue weighted by Crippen LogP contribution is -2.51. The van der Waals surface area contributed by atoms with Gasteiger partial charge in [0.15, 0.2) is 0 Å². The van der Waals surface area contributed by atoms with Crippen molar-refractivity contribution in [1.29, 1.82) is 0 Å². The summed E-state index contributed by atoms with van der Waals surface area (Å²) in [6.07, 6.45) is 3.64. The average Bonchev–Trinajstić information content (AvgIpc) is 2.41. The summed E-state index contributed by atoms with van der Waals surface area (Å²) in [4.78, 5) is 2.60. The molecule has 1 aliphatic heterocycles. The molecule has 1 heterocycles. The molecule has 118 valence electrons. The molecule has 1 aliphatic rings. The van der Waals surface area contributed by atoms with Gasteiger partial charge < -0.3 is 5.32 Å². The van der Waals surface area contributed by atoms with E-state index in [4.69, 9.17) is 0 Å². The van der Waals surface area contributed by atoms with Gasteiger partial charge in [0.1, 0.15) is 0 Å². The van der Waals surface area contributed by atoms with Crippen LogP contribution in [-0.2, 0) is 6.42 Å². The van der Waals surface area contributed by atoms with Gasteiger partial charge in [0.25, 0.3) is 0 Å². The quantitative estimate of drug-likeness (QED) is 0.871. The minimum absolute atomic E-state index is 0.314. The van der Waals surface area contributed by atoms with Gasteiger partial charge in [0.2, 0.25) is 0 Å². The van der Waals surface area contributed by atoms with Crippen LogP contribution in [0, 0.1) is 0 Å². The van der Waals surface area contributed by atoms with Gasteiger partial charge in [-0.25, -0.2) is 0 Å². The summed E-state index contributed by atoms with van der Waals surface area (Å²) < 4.78 is 1.15. The molecular formula is C18H29BrN2. The van der Waals surface area contributed by atoms with Gasteiger partial charge in [-0.1, -0.05) is 28.1 Å². The van der Waals surface area contributed by atoms with Crippen molar-refractivity contribution < 1.29 is 0 Å². The second kappa shape index (κ2) is 7.26. The lowest BCUT2D eigenvalue weighted by molar-refractivity contribution is 0.0942. The fourth-order valence-corrected chi connectivity index (χ4v) is 3.42. The molecule has 0 aliphatic carbocycles. The summed E-state index contributed by atoms with van der Waals surface area (Å²) >= 11 is 3.49. The van der Waals surface area contributed by atoms with Crippen LogP contribution in [0.1, 0.15) is 46.1 Å². The first kappa shape index (κ1) is 17.0. The van der Waals surface area contributed by atoms with E-state index in [9.17, 15) is 0 Å². The number of rotatable bonds is 4. The molecule has 1 fully saturated rings. The van der Waals surface area contributed by atoms with Crippen LogP contribution in [0.25, 0.3) is 0 Å². The zero-order valence-corrected chi connectivity index (χ0v) is 15.4. The number of piperidine rings is 1. The van der Waals surface area contributed by atoms with Crippen LogP contribution >= 0.6 is 15.9 Å². The van der Waals surface area contributed by atoms with Gasteiger partial charge in [-0.3, -0.25) is 4.90 Å². The fourth-order valence-electron chi connectivity index (χ4n) is 3.15. The van der Waals surface area contributed by atoms with Crippen LogP contribution in [0.2, 0.25) is 0 Å². The number of nitrogens with one attached hydrogen (secondary N) is 1. The van der Waals surface area contributed by atoms with E-state index in [2.05, 4.69) is 78.1 Å². The Kier molecular flexibility index (Phi) is 5.87. The van der Waals surface area contributed by atoms with E-state index in [0.29, 0.717) is 17.6 Å². The molecule has 3 heteroatoms. The van der Waals surface area contributed by atoms with E-state index in [1.807, 2.05) is 0 Å². The Hall–Kier alpha value is -0.380. The molecule has 1 saturated heterocycles. The molecule has 1 atom stereocenters. The van der Waals surface area contributed by atoms with Crippen LogP contribution in [-0.4, -0.2) is 35.6 Å². The van der Waals surface area contributed by atoms with Crippen molar-refractivity contribution in [3.63, 3.8) is 0 Å². The van der Waals surface area contributed by atoms with Crippen molar-refractivity contribution in [2.75, 3.05) is 13.1 Å². The van der Waals surface area contributed by atoms with Crippen molar-refractivity contribution in [2.24, 2.45) is 0 Å². The zero-order chi connectivity index (χ0) is 15.5. The van der Waals surface area contributed by atoms with Crippen LogP contribution in [0.15, 0.2) is 28.7 Å². The highest BCUT2D eigenvalue weighted by atomic mass is 79.9. The van der Waals surface area contributed by atoms with E-state index >= 15 is 0 Å². The lowest BCUT2D eigenvalue weighted by Gasteiger charge is -2.41. The summed E-state index contributed by atoms with van der Waals surface area (Å²) in [5.41, 5.74) is 1.72. The molecule has 0 bridgehead atoms. The number of benzene rings is 1. The zero-order valence-electron chi connectivity index (χ0n) is 13.8. The predicted molar refractivity (Wildman–Crippen MR) is 94.8 cm³/mol. The number of halogens is 1. The molecule has 0 saturated carbocycles. The van der Waals surface area contributed by atoms with Gasteiger partial charge in [0.05, 0.1) is 0 Å². The first-order chi connectivity index (χ1) is 9.84. The molecule has 2 nitrogen and oxygen atoms in total. The molecule has 1 aromatic rings. The molecule has 0 radical (unpaired) electrons. The Balaban J connectivity index is 1.76. The molecular weight excluding hydrogens is 324 g/mol. The van der Waals surface area contributed by atoms with E-state index in [-0.39, 0.29) is 0 Å². The molecule has 0 spiro atoms. The highest BCUT2D eigenvalue weighted by Crippen LogP contribution is 2.20. The van der Waals surface area contributed by atoms with E-state index in [1.54, 1.807) is 0 Å².